The van der Waals surface area contributed by atoms with E-state index in [1.54, 1.807) is 6.92 Å². The molecule has 0 aliphatic heterocycles. The predicted octanol–water partition coefficient (Wildman–Crippen LogP) is 3.77. The number of hydrogen-bond acceptors (Lipinski definition) is 1. The Balaban J connectivity index is 3.44. The summed E-state index contributed by atoms with van der Waals surface area (Å²) in [7, 11) is 0. The summed E-state index contributed by atoms with van der Waals surface area (Å²) >= 11 is 1.89. The molecule has 0 atom stereocenters. The van der Waals surface area contributed by atoms with Crippen LogP contribution < -0.4 is 5.46 Å². The van der Waals surface area contributed by atoms with Crippen LogP contribution in [0.4, 0.5) is 12.9 Å². The summed E-state index contributed by atoms with van der Waals surface area (Å²) in [4.78, 5) is 2.56. The van der Waals surface area contributed by atoms with E-state index in [1.165, 1.54) is 6.92 Å². The van der Waals surface area contributed by atoms with Gasteiger partial charge in [-0.1, -0.05) is 16.7 Å². The zero-order chi connectivity index (χ0) is 13.2. The molecule has 0 aromatic heterocycles. The van der Waals surface area contributed by atoms with Gasteiger partial charge in [-0.25, -0.2) is 0 Å². The lowest BCUT2D eigenvalue weighted by atomic mass is 9.75. The van der Waals surface area contributed by atoms with E-state index in [9.17, 15) is 12.9 Å². The van der Waals surface area contributed by atoms with Crippen molar-refractivity contribution in [1.82, 2.24) is 0 Å². The summed E-state index contributed by atoms with van der Waals surface area (Å²) < 4.78 is 39.0. The van der Waals surface area contributed by atoms with E-state index >= 15 is 0 Å². The smallest absolute Gasteiger partial charge is 0.445 e. The van der Waals surface area contributed by atoms with Gasteiger partial charge in [0.1, 0.15) is 0 Å². The van der Waals surface area contributed by atoms with Crippen LogP contribution >= 0.6 is 22.6 Å². The monoisotopic (exact) mass is 354 g/mol. The first-order chi connectivity index (χ1) is 7.79. The van der Waals surface area contributed by atoms with E-state index in [2.05, 4.69) is 10.0 Å². The van der Waals surface area contributed by atoms with E-state index < -0.39 is 12.4 Å². The Kier molecular flexibility index (Phi) is 4.32. The third kappa shape index (κ3) is 3.07. The fourth-order valence-electron chi connectivity index (χ4n) is 1.57. The van der Waals surface area contributed by atoms with Crippen LogP contribution in [0.1, 0.15) is 16.7 Å². The van der Waals surface area contributed by atoms with Crippen LogP contribution in [0.2, 0.25) is 0 Å². The highest BCUT2D eigenvalue weighted by molar-refractivity contribution is 14.1. The molecule has 8 heteroatoms. The number of rotatable bonds is 3. The summed E-state index contributed by atoms with van der Waals surface area (Å²) in [5, 5.41) is 3.31. The van der Waals surface area contributed by atoms with Crippen LogP contribution in [0.15, 0.2) is 11.2 Å². The zero-order valence-corrected chi connectivity index (χ0v) is 11.4. The molecule has 0 fully saturated rings. The van der Waals surface area contributed by atoms with Gasteiger partial charge in [0.05, 0.1) is 6.54 Å². The van der Waals surface area contributed by atoms with Crippen molar-refractivity contribution >= 4 is 35.0 Å². The number of hydrogen-bond donors (Lipinski definition) is 0. The summed E-state index contributed by atoms with van der Waals surface area (Å²) in [6.07, 6.45) is 0. The Morgan fingerprint density at radius 3 is 2.41 bits per heavy atom. The molecule has 0 bridgehead atoms. The van der Waals surface area contributed by atoms with Crippen LogP contribution in [0, 0.1) is 17.4 Å². The Bertz CT molecular complexity index is 495. The minimum Gasteiger partial charge on any atom is -0.445 e. The Hall–Kier alpha value is -0.885. The van der Waals surface area contributed by atoms with Crippen molar-refractivity contribution in [2.45, 2.75) is 20.4 Å². The van der Waals surface area contributed by atoms with Crippen LogP contribution in [-0.4, -0.2) is 6.98 Å². The Morgan fingerprint density at radius 2 is 1.94 bits per heavy atom. The molecule has 0 saturated carbocycles. The third-order valence-corrected chi connectivity index (χ3v) is 4.18. The molecule has 0 aliphatic carbocycles. The van der Waals surface area contributed by atoms with Gasteiger partial charge < -0.3 is 12.9 Å². The first-order valence-corrected chi connectivity index (χ1v) is 5.86. The first kappa shape index (κ1) is 14.2. The van der Waals surface area contributed by atoms with E-state index in [1.807, 2.05) is 22.6 Å². The van der Waals surface area contributed by atoms with Crippen LogP contribution in [0.25, 0.3) is 10.4 Å². The molecule has 0 saturated heterocycles. The molecule has 92 valence electrons. The van der Waals surface area contributed by atoms with Gasteiger partial charge in [0.15, 0.2) is 0 Å². The largest absolute Gasteiger partial charge is 0.509 e. The quantitative estimate of drug-likeness (QED) is 0.261. The lowest BCUT2D eigenvalue weighted by Gasteiger charge is -2.22. The van der Waals surface area contributed by atoms with E-state index in [-0.39, 0.29) is 12.1 Å². The fourth-order valence-corrected chi connectivity index (χ4v) is 2.22. The molecule has 1 rings (SSSR count). The van der Waals surface area contributed by atoms with Gasteiger partial charge >= 0.3 is 6.98 Å². The second-order valence-electron chi connectivity index (χ2n) is 3.65. The molecule has 0 aliphatic rings. The van der Waals surface area contributed by atoms with Crippen molar-refractivity contribution in [2.24, 2.45) is 5.11 Å². The van der Waals surface area contributed by atoms with Gasteiger partial charge in [-0.15, -0.1) is 5.46 Å². The van der Waals surface area contributed by atoms with Gasteiger partial charge in [0.2, 0.25) is 0 Å². The average Bonchev–Trinajstić information content (AvgIpc) is 2.23. The summed E-state index contributed by atoms with van der Waals surface area (Å²) in [5.74, 6) is 0. The highest BCUT2D eigenvalue weighted by Crippen LogP contribution is 2.23. The number of halogens is 4. The first-order valence-electron chi connectivity index (χ1n) is 4.78. The fraction of sp³-hybridized carbons (Fsp3) is 0.333. The molecule has 0 heterocycles. The molecule has 0 radical (unpaired) electrons. The summed E-state index contributed by atoms with van der Waals surface area (Å²) in [5.41, 5.74) is 9.00. The van der Waals surface area contributed by atoms with E-state index in [4.69, 9.17) is 5.53 Å². The molecule has 0 amide bonds. The Labute approximate surface area is 110 Å². The SMILES string of the molecule is Cc1c(CN=[N+]=[N-])cc([B-](F)(F)F)c(C)c1I. The molecule has 0 spiro atoms. The third-order valence-electron chi connectivity index (χ3n) is 2.56. The van der Waals surface area contributed by atoms with Gasteiger partial charge in [-0.3, -0.25) is 0 Å². The van der Waals surface area contributed by atoms with E-state index in [0.717, 1.165) is 11.6 Å². The molecular formula is C9H9BF3IN3-. The second kappa shape index (κ2) is 5.18. The highest BCUT2D eigenvalue weighted by Gasteiger charge is 2.29. The molecule has 3 nitrogen and oxygen atoms in total. The molecule has 1 aromatic rings. The van der Waals surface area contributed by atoms with Crippen molar-refractivity contribution in [1.29, 1.82) is 0 Å². The summed E-state index contributed by atoms with van der Waals surface area (Å²) in [6.45, 7) is -1.92. The maximum atomic E-state index is 12.8. The van der Waals surface area contributed by atoms with Gasteiger partial charge in [0.25, 0.3) is 0 Å². The maximum Gasteiger partial charge on any atom is 0.509 e. The topological polar surface area (TPSA) is 48.8 Å². The molecular weight excluding hydrogens is 345 g/mol. The van der Waals surface area contributed by atoms with Crippen LogP contribution in [0.3, 0.4) is 0 Å². The summed E-state index contributed by atoms with van der Waals surface area (Å²) in [6, 6.07) is 1.08. The average molecular weight is 354 g/mol. The standard InChI is InChI=1S/C9H9BF3IN3/c1-5-7(4-16-17-15)3-8(10(11,12)13)6(2)9(5)14/h3H,4H2,1-2H3/q-1. The molecule has 1 aromatic carbocycles. The van der Waals surface area contributed by atoms with Gasteiger partial charge in [0, 0.05) is 8.48 Å². The van der Waals surface area contributed by atoms with Crippen LogP contribution in [0.5, 0.6) is 0 Å². The molecule has 0 N–H and O–H groups in total. The lowest BCUT2D eigenvalue weighted by molar-refractivity contribution is 0.500. The minimum absolute atomic E-state index is 0.0578. The number of azide groups is 1. The van der Waals surface area contributed by atoms with Crippen molar-refractivity contribution < 1.29 is 12.9 Å². The number of nitrogens with zero attached hydrogens (tertiary/aromatic N) is 3. The van der Waals surface area contributed by atoms with Crippen LogP contribution in [-0.2, 0) is 6.54 Å². The predicted molar refractivity (Wildman–Crippen MR) is 70.2 cm³/mol. The van der Waals surface area contributed by atoms with Gasteiger partial charge in [-0.05, 0) is 53.1 Å². The number of benzene rings is 1. The maximum absolute atomic E-state index is 12.8. The normalized spacial score (nSPS) is 11.2. The van der Waals surface area contributed by atoms with Gasteiger partial charge in [-0.2, -0.15) is 0 Å². The molecule has 0 unspecified atom stereocenters. The second-order valence-corrected chi connectivity index (χ2v) is 4.73. The lowest BCUT2D eigenvalue weighted by Crippen LogP contribution is -2.37. The zero-order valence-electron chi connectivity index (χ0n) is 9.22. The van der Waals surface area contributed by atoms with Crippen molar-refractivity contribution in [2.75, 3.05) is 0 Å². The van der Waals surface area contributed by atoms with E-state index in [0.29, 0.717) is 9.13 Å². The van der Waals surface area contributed by atoms with Crippen molar-refractivity contribution in [3.8, 4) is 0 Å². The highest BCUT2D eigenvalue weighted by atomic mass is 127. The minimum atomic E-state index is -5.04. The van der Waals surface area contributed by atoms with Crippen molar-refractivity contribution in [3.63, 3.8) is 0 Å². The molecule has 17 heavy (non-hydrogen) atoms. The van der Waals surface area contributed by atoms with Crippen molar-refractivity contribution in [3.05, 3.63) is 36.8 Å². The Morgan fingerprint density at radius 1 is 1.35 bits per heavy atom.